The number of benzene rings is 2. The van der Waals surface area contributed by atoms with Crippen molar-refractivity contribution in [3.63, 3.8) is 0 Å². The number of carbonyl (C=O) groups is 1. The second-order valence-electron chi connectivity index (χ2n) is 9.99. The molecule has 1 amide bonds. The quantitative estimate of drug-likeness (QED) is 0.545. The molecule has 4 nitrogen and oxygen atoms in total. The molecule has 0 radical (unpaired) electrons. The zero-order chi connectivity index (χ0) is 22.3. The third kappa shape index (κ3) is 4.01. The summed E-state index contributed by atoms with van der Waals surface area (Å²) in [5.74, 6) is 0. The lowest BCUT2D eigenvalue weighted by atomic mass is 9.81. The minimum atomic E-state index is -0.649. The van der Waals surface area contributed by atoms with Gasteiger partial charge in [-0.3, -0.25) is 4.90 Å². The summed E-state index contributed by atoms with van der Waals surface area (Å²) in [6, 6.07) is 19.2. The second kappa shape index (κ2) is 7.83. The Morgan fingerprint density at radius 1 is 1.00 bits per heavy atom. The van der Waals surface area contributed by atoms with Gasteiger partial charge in [0.1, 0.15) is 5.72 Å². The van der Waals surface area contributed by atoms with Crippen LogP contribution in [0.25, 0.3) is 5.57 Å². The minimum absolute atomic E-state index is 0.0799. The van der Waals surface area contributed by atoms with Crippen molar-refractivity contribution in [1.29, 1.82) is 0 Å². The number of fused-ring (bicyclic) bond motifs is 1. The highest BCUT2D eigenvalue weighted by atomic mass is 16.6. The standard InChI is InChI=1S/C27H33NO3/c1-25(2)19-31-26(3,4)28(25)24(29)30-17-11-16-27(5)18-22(20-12-7-6-8-13-20)21-14-9-10-15-23(21)27/h6-10,12-15,18H,11,16-17,19H2,1-5H3/t27-/m0/s1. The molecular formula is C27H33NO3. The van der Waals surface area contributed by atoms with E-state index in [2.05, 4.69) is 61.5 Å². The summed E-state index contributed by atoms with van der Waals surface area (Å²) in [6.45, 7) is 11.0. The molecule has 2 aromatic carbocycles. The van der Waals surface area contributed by atoms with E-state index in [1.807, 2.05) is 33.8 Å². The van der Waals surface area contributed by atoms with Crippen molar-refractivity contribution in [1.82, 2.24) is 4.90 Å². The lowest BCUT2D eigenvalue weighted by molar-refractivity contribution is -0.0519. The maximum atomic E-state index is 12.8. The SMILES string of the molecule is CC1(C)COC(C)(C)N1C(=O)OCCC[C@@]1(C)C=C(c2ccccc2)c2ccccc21. The molecule has 0 bridgehead atoms. The molecule has 2 aliphatic rings. The van der Waals surface area contributed by atoms with Gasteiger partial charge in [-0.15, -0.1) is 0 Å². The number of hydrogen-bond acceptors (Lipinski definition) is 3. The van der Waals surface area contributed by atoms with Gasteiger partial charge in [-0.2, -0.15) is 0 Å². The topological polar surface area (TPSA) is 38.8 Å². The smallest absolute Gasteiger partial charge is 0.412 e. The zero-order valence-electron chi connectivity index (χ0n) is 19.3. The van der Waals surface area contributed by atoms with Crippen LogP contribution in [0.2, 0.25) is 0 Å². The van der Waals surface area contributed by atoms with E-state index in [9.17, 15) is 4.79 Å². The Hall–Kier alpha value is -2.59. The monoisotopic (exact) mass is 419 g/mol. The second-order valence-corrected chi connectivity index (χ2v) is 9.99. The number of rotatable bonds is 5. The third-order valence-corrected chi connectivity index (χ3v) is 6.55. The van der Waals surface area contributed by atoms with Crippen molar-refractivity contribution >= 4 is 11.7 Å². The molecule has 1 aliphatic carbocycles. The molecule has 4 rings (SSSR count). The van der Waals surface area contributed by atoms with Gasteiger partial charge in [0, 0.05) is 5.41 Å². The zero-order valence-corrected chi connectivity index (χ0v) is 19.3. The summed E-state index contributed by atoms with van der Waals surface area (Å²) in [6.07, 6.45) is 3.79. The van der Waals surface area contributed by atoms with E-state index in [1.165, 1.54) is 22.3 Å². The molecular weight excluding hydrogens is 386 g/mol. The van der Waals surface area contributed by atoms with Gasteiger partial charge in [0.25, 0.3) is 0 Å². The van der Waals surface area contributed by atoms with Gasteiger partial charge in [-0.25, -0.2) is 4.79 Å². The highest BCUT2D eigenvalue weighted by Gasteiger charge is 2.49. The van der Waals surface area contributed by atoms with Crippen LogP contribution in [0.1, 0.15) is 64.2 Å². The van der Waals surface area contributed by atoms with Crippen molar-refractivity contribution < 1.29 is 14.3 Å². The number of hydrogen-bond donors (Lipinski definition) is 0. The van der Waals surface area contributed by atoms with Crippen LogP contribution in [0.5, 0.6) is 0 Å². The van der Waals surface area contributed by atoms with Crippen LogP contribution in [-0.2, 0) is 14.9 Å². The van der Waals surface area contributed by atoms with Gasteiger partial charge >= 0.3 is 6.09 Å². The van der Waals surface area contributed by atoms with Crippen molar-refractivity contribution in [2.45, 2.75) is 64.1 Å². The van der Waals surface area contributed by atoms with Gasteiger partial charge in [0.05, 0.1) is 18.8 Å². The molecule has 1 aliphatic heterocycles. The Bertz CT molecular complexity index is 977. The Balaban J connectivity index is 1.44. The molecule has 1 atom stereocenters. The molecule has 0 unspecified atom stereocenters. The third-order valence-electron chi connectivity index (χ3n) is 6.55. The first-order valence-electron chi connectivity index (χ1n) is 11.1. The summed E-state index contributed by atoms with van der Waals surface area (Å²) in [7, 11) is 0. The van der Waals surface area contributed by atoms with Crippen molar-refractivity contribution in [2.75, 3.05) is 13.2 Å². The van der Waals surface area contributed by atoms with E-state index < -0.39 is 5.72 Å². The number of amides is 1. The summed E-state index contributed by atoms with van der Waals surface area (Å²) in [5, 5.41) is 0. The van der Waals surface area contributed by atoms with Gasteiger partial charge in [0.2, 0.25) is 0 Å². The van der Waals surface area contributed by atoms with E-state index >= 15 is 0 Å². The highest BCUT2D eigenvalue weighted by Crippen LogP contribution is 2.45. The molecule has 31 heavy (non-hydrogen) atoms. The van der Waals surface area contributed by atoms with Crippen molar-refractivity contribution in [3.8, 4) is 0 Å². The average molecular weight is 420 g/mol. The van der Waals surface area contributed by atoms with Gasteiger partial charge in [0.15, 0.2) is 0 Å². The van der Waals surface area contributed by atoms with Crippen LogP contribution in [0.4, 0.5) is 4.79 Å². The van der Waals surface area contributed by atoms with E-state index in [0.29, 0.717) is 13.2 Å². The fourth-order valence-electron chi connectivity index (χ4n) is 5.10. The molecule has 0 spiro atoms. The normalized spacial score (nSPS) is 23.4. The Kier molecular flexibility index (Phi) is 5.47. The molecule has 1 saturated heterocycles. The molecule has 164 valence electrons. The number of allylic oxidation sites excluding steroid dienone is 1. The van der Waals surface area contributed by atoms with Gasteiger partial charge in [-0.05, 0) is 62.8 Å². The molecule has 2 aromatic rings. The van der Waals surface area contributed by atoms with Gasteiger partial charge < -0.3 is 9.47 Å². The lowest BCUT2D eigenvalue weighted by Gasteiger charge is -2.36. The summed E-state index contributed by atoms with van der Waals surface area (Å²) >= 11 is 0. The van der Waals surface area contributed by atoms with Crippen molar-refractivity contribution in [2.24, 2.45) is 0 Å². The Morgan fingerprint density at radius 2 is 1.68 bits per heavy atom. The van der Waals surface area contributed by atoms with Crippen LogP contribution < -0.4 is 0 Å². The van der Waals surface area contributed by atoms with E-state index in [-0.39, 0.29) is 17.0 Å². The van der Waals surface area contributed by atoms with Gasteiger partial charge in [-0.1, -0.05) is 67.6 Å². The minimum Gasteiger partial charge on any atom is -0.449 e. The molecule has 0 N–H and O–H groups in total. The Morgan fingerprint density at radius 3 is 2.35 bits per heavy atom. The van der Waals surface area contributed by atoms with Crippen LogP contribution >= 0.6 is 0 Å². The van der Waals surface area contributed by atoms with E-state index in [0.717, 1.165) is 12.8 Å². The first-order chi connectivity index (χ1) is 14.6. The van der Waals surface area contributed by atoms with Crippen LogP contribution in [0.3, 0.4) is 0 Å². The molecule has 1 heterocycles. The first kappa shape index (κ1) is 21.6. The molecule has 4 heteroatoms. The largest absolute Gasteiger partial charge is 0.449 e. The number of ether oxygens (including phenoxy) is 2. The average Bonchev–Trinajstić information content (AvgIpc) is 3.16. The van der Waals surface area contributed by atoms with Crippen LogP contribution in [0.15, 0.2) is 60.7 Å². The van der Waals surface area contributed by atoms with Crippen LogP contribution in [-0.4, -0.2) is 35.5 Å². The maximum absolute atomic E-state index is 12.8. The lowest BCUT2D eigenvalue weighted by Crippen LogP contribution is -2.52. The molecule has 0 aromatic heterocycles. The fraction of sp³-hybridized carbons (Fsp3) is 0.444. The summed E-state index contributed by atoms with van der Waals surface area (Å²) < 4.78 is 11.5. The van der Waals surface area contributed by atoms with Crippen molar-refractivity contribution in [3.05, 3.63) is 77.4 Å². The van der Waals surface area contributed by atoms with E-state index in [1.54, 1.807) is 4.90 Å². The first-order valence-corrected chi connectivity index (χ1v) is 11.1. The Labute approximate surface area is 185 Å². The maximum Gasteiger partial charge on any atom is 0.412 e. The summed E-state index contributed by atoms with van der Waals surface area (Å²) in [4.78, 5) is 14.5. The highest BCUT2D eigenvalue weighted by molar-refractivity contribution is 5.86. The van der Waals surface area contributed by atoms with E-state index in [4.69, 9.17) is 9.47 Å². The molecule has 1 fully saturated rings. The predicted octanol–water partition coefficient (Wildman–Crippen LogP) is 6.15. The number of carbonyl (C=O) groups excluding carboxylic acids is 1. The number of nitrogens with zero attached hydrogens (tertiary/aromatic N) is 1. The fourth-order valence-corrected chi connectivity index (χ4v) is 5.10. The molecule has 0 saturated carbocycles. The van der Waals surface area contributed by atoms with Crippen LogP contribution in [0, 0.1) is 0 Å². The predicted molar refractivity (Wildman–Crippen MR) is 124 cm³/mol. The summed E-state index contributed by atoms with van der Waals surface area (Å²) in [5.41, 5.74) is 4.07.